The van der Waals surface area contributed by atoms with Crippen molar-refractivity contribution in [1.82, 2.24) is 10.3 Å². The van der Waals surface area contributed by atoms with Crippen LogP contribution in [0.1, 0.15) is 18.5 Å². The summed E-state index contributed by atoms with van der Waals surface area (Å²) in [5.74, 6) is 0. The van der Waals surface area contributed by atoms with Crippen LogP contribution in [0, 0.1) is 16.7 Å². The van der Waals surface area contributed by atoms with E-state index in [1.807, 2.05) is 18.3 Å². The van der Waals surface area contributed by atoms with Gasteiger partial charge in [0, 0.05) is 18.5 Å². The first-order chi connectivity index (χ1) is 8.31. The molecule has 2 aliphatic heterocycles. The van der Waals surface area contributed by atoms with E-state index in [1.165, 1.54) is 12.8 Å². The lowest BCUT2D eigenvalue weighted by Gasteiger charge is -2.53. The smallest absolute Gasteiger partial charge is 0.140 e. The zero-order valence-corrected chi connectivity index (χ0v) is 9.82. The fourth-order valence-electron chi connectivity index (χ4n) is 2.86. The minimum atomic E-state index is 0.492. The Hall–Kier alpha value is -1.60. The van der Waals surface area contributed by atoms with Crippen LogP contribution in [0.4, 0.5) is 5.69 Å². The molecule has 1 N–H and O–H groups in total. The second-order valence-electron chi connectivity index (χ2n) is 5.12. The molecule has 0 bridgehead atoms. The van der Waals surface area contributed by atoms with Crippen LogP contribution in [0.25, 0.3) is 0 Å². The van der Waals surface area contributed by atoms with Crippen LogP contribution in [0.2, 0.25) is 0 Å². The number of nitrogens with zero attached hydrogens (tertiary/aromatic N) is 3. The summed E-state index contributed by atoms with van der Waals surface area (Å²) in [7, 11) is 0. The third-order valence-corrected chi connectivity index (χ3v) is 3.94. The van der Waals surface area contributed by atoms with Crippen molar-refractivity contribution in [3.05, 3.63) is 24.0 Å². The highest BCUT2D eigenvalue weighted by Gasteiger charge is 2.43. The van der Waals surface area contributed by atoms with Gasteiger partial charge in [0.25, 0.3) is 0 Å². The highest BCUT2D eigenvalue weighted by Crippen LogP contribution is 2.40. The molecule has 0 radical (unpaired) electrons. The number of hydrogen-bond acceptors (Lipinski definition) is 4. The summed E-state index contributed by atoms with van der Waals surface area (Å²) in [6.07, 6.45) is 4.38. The van der Waals surface area contributed by atoms with Crippen LogP contribution in [-0.4, -0.2) is 31.2 Å². The van der Waals surface area contributed by atoms with Gasteiger partial charge in [-0.05, 0) is 38.1 Å². The molecule has 3 heterocycles. The number of anilines is 1. The number of piperidine rings is 1. The lowest BCUT2D eigenvalue weighted by molar-refractivity contribution is 0.150. The minimum Gasteiger partial charge on any atom is -0.369 e. The molecule has 17 heavy (non-hydrogen) atoms. The first kappa shape index (κ1) is 10.5. The van der Waals surface area contributed by atoms with Crippen molar-refractivity contribution < 1.29 is 0 Å². The van der Waals surface area contributed by atoms with Crippen LogP contribution >= 0.6 is 0 Å². The Morgan fingerprint density at radius 3 is 2.65 bits per heavy atom. The molecule has 3 rings (SSSR count). The predicted molar refractivity (Wildman–Crippen MR) is 65.7 cm³/mol. The Morgan fingerprint density at radius 1 is 1.29 bits per heavy atom. The fourth-order valence-corrected chi connectivity index (χ4v) is 2.86. The molecule has 4 nitrogen and oxygen atoms in total. The number of pyridine rings is 1. The van der Waals surface area contributed by atoms with E-state index in [0.29, 0.717) is 11.1 Å². The van der Waals surface area contributed by atoms with E-state index < -0.39 is 0 Å². The summed E-state index contributed by atoms with van der Waals surface area (Å²) in [6, 6.07) is 5.84. The van der Waals surface area contributed by atoms with Crippen LogP contribution < -0.4 is 10.2 Å². The number of nitriles is 1. The van der Waals surface area contributed by atoms with Gasteiger partial charge in [0.15, 0.2) is 0 Å². The van der Waals surface area contributed by atoms with E-state index in [9.17, 15) is 0 Å². The van der Waals surface area contributed by atoms with Crippen molar-refractivity contribution in [3.8, 4) is 6.07 Å². The molecule has 0 atom stereocenters. The average molecular weight is 228 g/mol. The lowest BCUT2D eigenvalue weighted by atomic mass is 9.72. The second kappa shape index (κ2) is 4.01. The van der Waals surface area contributed by atoms with Crippen molar-refractivity contribution in [3.63, 3.8) is 0 Å². The summed E-state index contributed by atoms with van der Waals surface area (Å²) < 4.78 is 0. The van der Waals surface area contributed by atoms with Gasteiger partial charge in [-0.2, -0.15) is 5.26 Å². The number of nitrogens with one attached hydrogen (secondary N) is 1. The molecule has 2 fully saturated rings. The molecule has 4 heteroatoms. The van der Waals surface area contributed by atoms with Crippen molar-refractivity contribution in [2.45, 2.75) is 12.8 Å². The molecule has 1 aromatic rings. The minimum absolute atomic E-state index is 0.492. The summed E-state index contributed by atoms with van der Waals surface area (Å²) in [5.41, 5.74) is 2.18. The van der Waals surface area contributed by atoms with Crippen molar-refractivity contribution >= 4 is 5.69 Å². The van der Waals surface area contributed by atoms with Gasteiger partial charge in [0.05, 0.1) is 11.9 Å². The first-order valence-corrected chi connectivity index (χ1v) is 6.13. The number of aromatic nitrogens is 1. The van der Waals surface area contributed by atoms with E-state index in [4.69, 9.17) is 5.26 Å². The molecule has 88 valence electrons. The molecule has 0 unspecified atom stereocenters. The Morgan fingerprint density at radius 2 is 2.06 bits per heavy atom. The number of hydrogen-bond donors (Lipinski definition) is 1. The molecule has 1 aromatic heterocycles. The zero-order valence-electron chi connectivity index (χ0n) is 9.82. The largest absolute Gasteiger partial charge is 0.369 e. The average Bonchev–Trinajstić information content (AvgIpc) is 2.37. The SMILES string of the molecule is N#Cc1ccc(N2CC3(CCNCC3)C2)cn1. The van der Waals surface area contributed by atoms with Gasteiger partial charge in [-0.1, -0.05) is 0 Å². The molecule has 0 saturated carbocycles. The van der Waals surface area contributed by atoms with Gasteiger partial charge in [0.2, 0.25) is 0 Å². The van der Waals surface area contributed by atoms with Gasteiger partial charge in [-0.3, -0.25) is 0 Å². The summed E-state index contributed by atoms with van der Waals surface area (Å²) in [5, 5.41) is 12.1. The maximum Gasteiger partial charge on any atom is 0.140 e. The van der Waals surface area contributed by atoms with Gasteiger partial charge < -0.3 is 10.2 Å². The van der Waals surface area contributed by atoms with Crippen LogP contribution in [0.5, 0.6) is 0 Å². The second-order valence-corrected chi connectivity index (χ2v) is 5.12. The molecule has 0 amide bonds. The molecule has 0 aliphatic carbocycles. The van der Waals surface area contributed by atoms with Crippen molar-refractivity contribution in [2.24, 2.45) is 5.41 Å². The Bertz CT molecular complexity index is 431. The highest BCUT2D eigenvalue weighted by atomic mass is 15.2. The van der Waals surface area contributed by atoms with E-state index in [-0.39, 0.29) is 0 Å². The van der Waals surface area contributed by atoms with Crippen LogP contribution in [-0.2, 0) is 0 Å². The Balaban J connectivity index is 1.66. The summed E-state index contributed by atoms with van der Waals surface area (Å²) in [6.45, 7) is 4.59. The monoisotopic (exact) mass is 228 g/mol. The van der Waals surface area contributed by atoms with Crippen LogP contribution in [0.3, 0.4) is 0 Å². The predicted octanol–water partition coefficient (Wildman–Crippen LogP) is 1.14. The molecular formula is C13H16N4. The molecule has 2 aliphatic rings. The molecular weight excluding hydrogens is 212 g/mol. The fraction of sp³-hybridized carbons (Fsp3) is 0.538. The first-order valence-electron chi connectivity index (χ1n) is 6.13. The quantitative estimate of drug-likeness (QED) is 0.783. The standard InChI is InChI=1S/C13H16N4/c14-7-11-1-2-12(8-16-11)17-9-13(10-17)3-5-15-6-4-13/h1-2,8,15H,3-6,9-10H2. The van der Waals surface area contributed by atoms with E-state index >= 15 is 0 Å². The topological polar surface area (TPSA) is 52.0 Å². The van der Waals surface area contributed by atoms with Gasteiger partial charge in [-0.25, -0.2) is 4.98 Å². The van der Waals surface area contributed by atoms with Crippen molar-refractivity contribution in [1.29, 1.82) is 5.26 Å². The Labute approximate surface area is 101 Å². The van der Waals surface area contributed by atoms with Crippen LogP contribution in [0.15, 0.2) is 18.3 Å². The van der Waals surface area contributed by atoms with Gasteiger partial charge in [0.1, 0.15) is 11.8 Å². The molecule has 2 saturated heterocycles. The maximum atomic E-state index is 8.70. The third-order valence-electron chi connectivity index (χ3n) is 3.94. The van der Waals surface area contributed by atoms with E-state index in [1.54, 1.807) is 6.07 Å². The normalized spacial score (nSPS) is 21.9. The maximum absolute atomic E-state index is 8.70. The summed E-state index contributed by atoms with van der Waals surface area (Å²) >= 11 is 0. The third kappa shape index (κ3) is 1.87. The lowest BCUT2D eigenvalue weighted by Crippen LogP contribution is -2.60. The van der Waals surface area contributed by atoms with Crippen molar-refractivity contribution in [2.75, 3.05) is 31.1 Å². The van der Waals surface area contributed by atoms with Gasteiger partial charge in [-0.15, -0.1) is 0 Å². The van der Waals surface area contributed by atoms with E-state index in [2.05, 4.69) is 15.2 Å². The highest BCUT2D eigenvalue weighted by molar-refractivity contribution is 5.49. The zero-order chi connectivity index (χ0) is 11.7. The Kier molecular flexibility index (Phi) is 2.49. The van der Waals surface area contributed by atoms with E-state index in [0.717, 1.165) is 31.9 Å². The number of rotatable bonds is 1. The van der Waals surface area contributed by atoms with Gasteiger partial charge >= 0.3 is 0 Å². The summed E-state index contributed by atoms with van der Waals surface area (Å²) in [4.78, 5) is 6.48. The molecule has 1 spiro atoms. The molecule has 0 aromatic carbocycles.